The number of sulfonamides is 1. The summed E-state index contributed by atoms with van der Waals surface area (Å²) < 4.78 is 33.4. The van der Waals surface area contributed by atoms with Crippen LogP contribution in [0.25, 0.3) is 0 Å². The van der Waals surface area contributed by atoms with Crippen LogP contribution in [0.3, 0.4) is 0 Å². The number of hydrogen-bond donors (Lipinski definition) is 2. The van der Waals surface area contributed by atoms with Gasteiger partial charge in [-0.05, 0) is 86.7 Å². The number of carbonyl (C=O) groups is 1. The van der Waals surface area contributed by atoms with Crippen molar-refractivity contribution in [3.05, 3.63) is 89.5 Å². The Bertz CT molecular complexity index is 1180. The van der Waals surface area contributed by atoms with Crippen LogP contribution >= 0.6 is 0 Å². The van der Waals surface area contributed by atoms with E-state index in [-0.39, 0.29) is 23.5 Å². The molecular weight excluding hydrogens is 436 g/mol. The fraction of sp³-hybridized carbons (Fsp3) is 0.269. The van der Waals surface area contributed by atoms with Crippen molar-refractivity contribution in [1.29, 1.82) is 0 Å². The lowest BCUT2D eigenvalue weighted by molar-refractivity contribution is -0.123. The summed E-state index contributed by atoms with van der Waals surface area (Å²) in [5.74, 6) is 0.205. The van der Waals surface area contributed by atoms with Gasteiger partial charge in [0.05, 0.1) is 4.90 Å². The number of nitrogens with one attached hydrogen (secondary N) is 2. The highest BCUT2D eigenvalue weighted by molar-refractivity contribution is 7.92. The lowest BCUT2D eigenvalue weighted by atomic mass is 10.1. The molecule has 2 N–H and O–H groups in total. The van der Waals surface area contributed by atoms with Crippen molar-refractivity contribution >= 4 is 21.6 Å². The van der Waals surface area contributed by atoms with Gasteiger partial charge in [0.15, 0.2) is 6.61 Å². The second kappa shape index (κ2) is 11.0. The molecule has 0 fully saturated rings. The molecule has 0 spiro atoms. The summed E-state index contributed by atoms with van der Waals surface area (Å²) in [5, 5.41) is 2.92. The molecule has 6 nitrogen and oxygen atoms in total. The number of anilines is 1. The molecule has 0 heterocycles. The summed E-state index contributed by atoms with van der Waals surface area (Å²) in [6, 6.07) is 21.5. The normalized spacial score (nSPS) is 12.1. The molecule has 0 saturated carbocycles. The minimum absolute atomic E-state index is 0.0188. The number of hydrogen-bond acceptors (Lipinski definition) is 4. The van der Waals surface area contributed by atoms with E-state index in [0.717, 1.165) is 24.0 Å². The average Bonchev–Trinajstić information content (AvgIpc) is 2.79. The minimum atomic E-state index is -3.72. The zero-order valence-corrected chi connectivity index (χ0v) is 20.0. The Hall–Kier alpha value is -3.32. The third-order valence-electron chi connectivity index (χ3n) is 5.38. The zero-order chi connectivity index (χ0) is 23.8. The van der Waals surface area contributed by atoms with Crippen molar-refractivity contribution in [2.24, 2.45) is 0 Å². The predicted octanol–water partition coefficient (Wildman–Crippen LogP) is 4.62. The van der Waals surface area contributed by atoms with E-state index in [1.807, 2.05) is 45.0 Å². The van der Waals surface area contributed by atoms with Gasteiger partial charge >= 0.3 is 0 Å². The van der Waals surface area contributed by atoms with Gasteiger partial charge in [-0.1, -0.05) is 36.4 Å². The smallest absolute Gasteiger partial charge is 0.261 e. The van der Waals surface area contributed by atoms with Crippen LogP contribution in [0.5, 0.6) is 5.75 Å². The van der Waals surface area contributed by atoms with E-state index in [9.17, 15) is 13.2 Å². The molecule has 0 radical (unpaired) electrons. The molecule has 0 aliphatic heterocycles. The largest absolute Gasteiger partial charge is 0.484 e. The highest BCUT2D eigenvalue weighted by atomic mass is 32.2. The highest BCUT2D eigenvalue weighted by Gasteiger charge is 2.15. The lowest BCUT2D eigenvalue weighted by Crippen LogP contribution is -2.36. The second-order valence-corrected chi connectivity index (χ2v) is 9.84. The summed E-state index contributed by atoms with van der Waals surface area (Å²) in [6.07, 6.45) is 1.71. The molecule has 174 valence electrons. The number of benzene rings is 3. The Balaban J connectivity index is 1.48. The number of ether oxygens (including phenoxy) is 1. The fourth-order valence-electron chi connectivity index (χ4n) is 3.30. The van der Waals surface area contributed by atoms with Crippen LogP contribution in [0.2, 0.25) is 0 Å². The Labute approximate surface area is 196 Å². The Morgan fingerprint density at radius 2 is 1.64 bits per heavy atom. The number of carbonyl (C=O) groups excluding carboxylic acids is 1. The van der Waals surface area contributed by atoms with E-state index in [1.54, 1.807) is 24.3 Å². The predicted molar refractivity (Wildman–Crippen MR) is 131 cm³/mol. The maximum atomic E-state index is 12.6. The first-order valence-corrected chi connectivity index (χ1v) is 12.4. The van der Waals surface area contributed by atoms with Gasteiger partial charge in [0.25, 0.3) is 15.9 Å². The first-order chi connectivity index (χ1) is 15.7. The van der Waals surface area contributed by atoms with Gasteiger partial charge in [0.1, 0.15) is 5.75 Å². The average molecular weight is 467 g/mol. The van der Waals surface area contributed by atoms with Gasteiger partial charge in [-0.3, -0.25) is 9.52 Å². The second-order valence-electron chi connectivity index (χ2n) is 8.16. The molecule has 7 heteroatoms. The summed E-state index contributed by atoms with van der Waals surface area (Å²) in [6.45, 7) is 5.73. The molecule has 3 rings (SSSR count). The third-order valence-corrected chi connectivity index (χ3v) is 6.78. The molecule has 3 aromatic rings. The van der Waals surface area contributed by atoms with E-state index in [1.165, 1.54) is 17.7 Å². The van der Waals surface area contributed by atoms with Crippen LogP contribution < -0.4 is 14.8 Å². The molecule has 0 aliphatic rings. The van der Waals surface area contributed by atoms with E-state index in [0.29, 0.717) is 11.4 Å². The molecule has 33 heavy (non-hydrogen) atoms. The molecule has 1 amide bonds. The van der Waals surface area contributed by atoms with Crippen molar-refractivity contribution in [2.75, 3.05) is 11.3 Å². The third kappa shape index (κ3) is 7.36. The zero-order valence-electron chi connectivity index (χ0n) is 19.2. The Morgan fingerprint density at radius 1 is 0.939 bits per heavy atom. The van der Waals surface area contributed by atoms with Crippen LogP contribution in [-0.4, -0.2) is 27.0 Å². The molecule has 0 saturated heterocycles. The van der Waals surface area contributed by atoms with Gasteiger partial charge in [-0.15, -0.1) is 0 Å². The molecular formula is C26H30N2O4S. The van der Waals surface area contributed by atoms with E-state index < -0.39 is 10.0 Å². The summed E-state index contributed by atoms with van der Waals surface area (Å²) in [7, 11) is -3.72. The maximum Gasteiger partial charge on any atom is 0.261 e. The maximum absolute atomic E-state index is 12.6. The summed E-state index contributed by atoms with van der Waals surface area (Å²) in [5.41, 5.74) is 3.84. The van der Waals surface area contributed by atoms with Gasteiger partial charge in [0.2, 0.25) is 0 Å². The quantitative estimate of drug-likeness (QED) is 0.457. The van der Waals surface area contributed by atoms with Crippen molar-refractivity contribution in [2.45, 2.75) is 44.6 Å². The number of aryl methyl sites for hydroxylation is 3. The van der Waals surface area contributed by atoms with Gasteiger partial charge in [-0.2, -0.15) is 0 Å². The first-order valence-electron chi connectivity index (χ1n) is 10.9. The van der Waals surface area contributed by atoms with Crippen molar-refractivity contribution in [3.63, 3.8) is 0 Å². The lowest BCUT2D eigenvalue weighted by Gasteiger charge is -2.14. The fourth-order valence-corrected chi connectivity index (χ4v) is 4.35. The van der Waals surface area contributed by atoms with Crippen LogP contribution in [-0.2, 0) is 21.2 Å². The van der Waals surface area contributed by atoms with Gasteiger partial charge < -0.3 is 10.1 Å². The standard InChI is InChI=1S/C26H30N2O4S/c1-19-9-12-23(17-20(19)2)28-33(30,31)25-15-13-24(14-16-25)32-18-26(29)27-21(3)10-11-22-7-5-4-6-8-22/h4-9,12-17,21,28H,10-11,18H2,1-3H3,(H,27,29)/t21-/m1/s1. The molecule has 3 aromatic carbocycles. The van der Waals surface area contributed by atoms with E-state index >= 15 is 0 Å². The van der Waals surface area contributed by atoms with E-state index in [2.05, 4.69) is 22.2 Å². The van der Waals surface area contributed by atoms with Crippen LogP contribution in [0.15, 0.2) is 77.7 Å². The van der Waals surface area contributed by atoms with Gasteiger partial charge in [0, 0.05) is 11.7 Å². The first kappa shape index (κ1) is 24.3. The monoisotopic (exact) mass is 466 g/mol. The molecule has 1 atom stereocenters. The van der Waals surface area contributed by atoms with Crippen molar-refractivity contribution in [3.8, 4) is 5.75 Å². The van der Waals surface area contributed by atoms with Gasteiger partial charge in [-0.25, -0.2) is 8.42 Å². The van der Waals surface area contributed by atoms with E-state index in [4.69, 9.17) is 4.74 Å². The van der Waals surface area contributed by atoms with Crippen LogP contribution in [0, 0.1) is 13.8 Å². The molecule has 0 bridgehead atoms. The minimum Gasteiger partial charge on any atom is -0.484 e. The molecule has 0 aliphatic carbocycles. The van der Waals surface area contributed by atoms with Crippen LogP contribution in [0.4, 0.5) is 5.69 Å². The Morgan fingerprint density at radius 3 is 2.30 bits per heavy atom. The summed E-state index contributed by atoms with van der Waals surface area (Å²) >= 11 is 0. The summed E-state index contributed by atoms with van der Waals surface area (Å²) in [4.78, 5) is 12.3. The van der Waals surface area contributed by atoms with Crippen molar-refractivity contribution < 1.29 is 17.9 Å². The number of rotatable bonds is 10. The topological polar surface area (TPSA) is 84.5 Å². The Kier molecular flexibility index (Phi) is 8.11. The number of amides is 1. The molecule has 0 aromatic heterocycles. The van der Waals surface area contributed by atoms with Crippen LogP contribution in [0.1, 0.15) is 30.0 Å². The molecule has 0 unspecified atom stereocenters. The SMILES string of the molecule is Cc1ccc(NS(=O)(=O)c2ccc(OCC(=O)N[C@H](C)CCc3ccccc3)cc2)cc1C. The highest BCUT2D eigenvalue weighted by Crippen LogP contribution is 2.21. The van der Waals surface area contributed by atoms with Crippen molar-refractivity contribution in [1.82, 2.24) is 5.32 Å².